The van der Waals surface area contributed by atoms with Crippen LogP contribution in [0.15, 0.2) is 5.10 Å². The second-order valence-electron chi connectivity index (χ2n) is 2.57. The van der Waals surface area contributed by atoms with Crippen molar-refractivity contribution in [3.05, 3.63) is 0 Å². The molecule has 0 aliphatic carbocycles. The Bertz CT molecular complexity index is 246. The summed E-state index contributed by atoms with van der Waals surface area (Å²) in [4.78, 5) is 10.9. The van der Waals surface area contributed by atoms with E-state index >= 15 is 0 Å². The van der Waals surface area contributed by atoms with Crippen molar-refractivity contribution >= 4 is 11.6 Å². The fourth-order valence-corrected chi connectivity index (χ4v) is 0.997. The van der Waals surface area contributed by atoms with Gasteiger partial charge in [0.15, 0.2) is 5.71 Å². The number of rotatable bonds is 0. The van der Waals surface area contributed by atoms with Gasteiger partial charge in [0, 0.05) is 7.05 Å². The highest BCUT2D eigenvalue weighted by atomic mass is 19.4. The van der Waals surface area contributed by atoms with Crippen LogP contribution in [-0.4, -0.2) is 29.9 Å². The van der Waals surface area contributed by atoms with E-state index in [0.717, 1.165) is 0 Å². The average Bonchev–Trinajstić information content (AvgIpc) is 2.15. The van der Waals surface area contributed by atoms with Crippen molar-refractivity contribution in [1.29, 1.82) is 0 Å². The summed E-state index contributed by atoms with van der Waals surface area (Å²) in [6.07, 6.45) is -4.50. The predicted octanol–water partition coefficient (Wildman–Crippen LogP) is 1.01. The van der Waals surface area contributed by atoms with Gasteiger partial charge in [0.05, 0.1) is 5.92 Å². The molecule has 3 nitrogen and oxygen atoms in total. The Morgan fingerprint density at radius 3 is 2.17 bits per heavy atom. The van der Waals surface area contributed by atoms with Crippen molar-refractivity contribution in [1.82, 2.24) is 5.01 Å². The molecule has 0 N–H and O–H groups in total. The van der Waals surface area contributed by atoms with E-state index in [9.17, 15) is 18.0 Å². The van der Waals surface area contributed by atoms with E-state index in [2.05, 4.69) is 5.10 Å². The molecule has 0 aromatic heterocycles. The molecule has 0 aromatic rings. The van der Waals surface area contributed by atoms with Crippen LogP contribution in [0.2, 0.25) is 0 Å². The summed E-state index contributed by atoms with van der Waals surface area (Å²) in [5, 5.41) is 3.81. The number of carbonyl (C=O) groups is 1. The molecule has 0 saturated heterocycles. The largest absolute Gasteiger partial charge is 0.431 e. The van der Waals surface area contributed by atoms with Gasteiger partial charge in [-0.05, 0) is 6.92 Å². The number of amides is 1. The van der Waals surface area contributed by atoms with E-state index in [1.807, 2.05) is 0 Å². The zero-order valence-corrected chi connectivity index (χ0v) is 6.51. The second-order valence-corrected chi connectivity index (χ2v) is 2.57. The summed E-state index contributed by atoms with van der Waals surface area (Å²) in [7, 11) is 1.21. The van der Waals surface area contributed by atoms with Crippen molar-refractivity contribution in [2.75, 3.05) is 7.05 Å². The molecule has 0 spiro atoms. The lowest BCUT2D eigenvalue weighted by Gasteiger charge is -2.07. The highest BCUT2D eigenvalue weighted by Gasteiger charge is 2.46. The van der Waals surface area contributed by atoms with Gasteiger partial charge in [-0.25, -0.2) is 5.01 Å². The molecule has 1 atom stereocenters. The number of hydrazone groups is 1. The summed E-state index contributed by atoms with van der Waals surface area (Å²) in [6.45, 7) is 1.19. The van der Waals surface area contributed by atoms with E-state index in [1.54, 1.807) is 0 Å². The van der Waals surface area contributed by atoms with Gasteiger partial charge in [-0.1, -0.05) is 0 Å². The Morgan fingerprint density at radius 2 is 2.00 bits per heavy atom. The fourth-order valence-electron chi connectivity index (χ4n) is 0.997. The van der Waals surface area contributed by atoms with Crippen LogP contribution in [0.25, 0.3) is 0 Å². The van der Waals surface area contributed by atoms with Crippen molar-refractivity contribution in [3.8, 4) is 0 Å². The Hall–Kier alpha value is -1.07. The zero-order valence-electron chi connectivity index (χ0n) is 6.51. The Labute approximate surface area is 66.8 Å². The Morgan fingerprint density at radius 1 is 1.50 bits per heavy atom. The van der Waals surface area contributed by atoms with Crippen LogP contribution in [0.5, 0.6) is 0 Å². The lowest BCUT2D eigenvalue weighted by Crippen LogP contribution is -2.30. The number of alkyl halides is 3. The van der Waals surface area contributed by atoms with Gasteiger partial charge >= 0.3 is 6.18 Å². The Kier molecular flexibility index (Phi) is 1.85. The Balaban J connectivity index is 2.95. The first-order valence-electron chi connectivity index (χ1n) is 3.27. The minimum atomic E-state index is -4.50. The molecule has 0 aromatic carbocycles. The van der Waals surface area contributed by atoms with E-state index < -0.39 is 23.7 Å². The minimum Gasteiger partial charge on any atom is -0.272 e. The molecule has 68 valence electrons. The van der Waals surface area contributed by atoms with E-state index in [1.165, 1.54) is 14.0 Å². The number of hydrogen-bond donors (Lipinski definition) is 0. The molecule has 0 fully saturated rings. The van der Waals surface area contributed by atoms with E-state index in [0.29, 0.717) is 5.01 Å². The number of nitrogens with zero attached hydrogens (tertiary/aromatic N) is 2. The molecule has 0 bridgehead atoms. The first-order valence-corrected chi connectivity index (χ1v) is 3.27. The maximum Gasteiger partial charge on any atom is 0.431 e. The monoisotopic (exact) mass is 180 g/mol. The third-order valence-corrected chi connectivity index (χ3v) is 1.65. The highest BCUT2D eigenvalue weighted by Crippen LogP contribution is 2.27. The topological polar surface area (TPSA) is 32.7 Å². The van der Waals surface area contributed by atoms with Crippen molar-refractivity contribution < 1.29 is 18.0 Å². The SMILES string of the molecule is CC1C(=O)N(C)N=C1C(F)(F)F. The summed E-state index contributed by atoms with van der Waals surface area (Å²) in [5.74, 6) is -1.79. The molecule has 1 heterocycles. The van der Waals surface area contributed by atoms with Crippen LogP contribution >= 0.6 is 0 Å². The van der Waals surface area contributed by atoms with Gasteiger partial charge in [0.25, 0.3) is 5.91 Å². The maximum atomic E-state index is 12.0. The second kappa shape index (κ2) is 2.46. The lowest BCUT2D eigenvalue weighted by molar-refractivity contribution is -0.130. The van der Waals surface area contributed by atoms with Crippen LogP contribution in [0, 0.1) is 5.92 Å². The standard InChI is InChI=1S/C6H7F3N2O/c1-3-4(6(7,8)9)10-11(2)5(3)12/h3H,1-2H3. The number of halogens is 3. The molecule has 6 heteroatoms. The average molecular weight is 180 g/mol. The van der Waals surface area contributed by atoms with Crippen LogP contribution in [0.3, 0.4) is 0 Å². The quantitative estimate of drug-likeness (QED) is 0.547. The normalized spacial score (nSPS) is 24.8. The van der Waals surface area contributed by atoms with E-state index in [-0.39, 0.29) is 0 Å². The highest BCUT2D eigenvalue weighted by molar-refractivity contribution is 6.09. The van der Waals surface area contributed by atoms with Gasteiger partial charge in [-0.3, -0.25) is 4.79 Å². The van der Waals surface area contributed by atoms with Gasteiger partial charge in [0.1, 0.15) is 0 Å². The van der Waals surface area contributed by atoms with Crippen LogP contribution in [-0.2, 0) is 4.79 Å². The molecule has 1 aliphatic heterocycles. The molecule has 1 rings (SSSR count). The molecule has 1 aliphatic rings. The van der Waals surface area contributed by atoms with Crippen LogP contribution < -0.4 is 0 Å². The fraction of sp³-hybridized carbons (Fsp3) is 0.667. The van der Waals surface area contributed by atoms with Crippen LogP contribution in [0.1, 0.15) is 6.92 Å². The van der Waals surface area contributed by atoms with Crippen molar-refractivity contribution in [2.45, 2.75) is 13.1 Å². The molecular weight excluding hydrogens is 173 g/mol. The van der Waals surface area contributed by atoms with Gasteiger partial charge in [0.2, 0.25) is 0 Å². The number of carbonyl (C=O) groups excluding carboxylic acids is 1. The molecule has 1 amide bonds. The maximum absolute atomic E-state index is 12.0. The van der Waals surface area contributed by atoms with E-state index in [4.69, 9.17) is 0 Å². The number of hydrogen-bond acceptors (Lipinski definition) is 2. The lowest BCUT2D eigenvalue weighted by atomic mass is 10.1. The van der Waals surface area contributed by atoms with Gasteiger partial charge in [-0.2, -0.15) is 18.3 Å². The van der Waals surface area contributed by atoms with Crippen LogP contribution in [0.4, 0.5) is 13.2 Å². The first kappa shape index (κ1) is 9.02. The molecule has 12 heavy (non-hydrogen) atoms. The van der Waals surface area contributed by atoms with Gasteiger partial charge in [-0.15, -0.1) is 0 Å². The smallest absolute Gasteiger partial charge is 0.272 e. The third kappa shape index (κ3) is 1.28. The zero-order chi connectivity index (χ0) is 9.52. The summed E-state index contributed by atoms with van der Waals surface area (Å²) in [5.41, 5.74) is -1.02. The molecular formula is C6H7F3N2O. The predicted molar refractivity (Wildman–Crippen MR) is 35.4 cm³/mol. The summed E-state index contributed by atoms with van der Waals surface area (Å²) >= 11 is 0. The third-order valence-electron chi connectivity index (χ3n) is 1.65. The summed E-state index contributed by atoms with van der Waals surface area (Å²) in [6, 6.07) is 0. The van der Waals surface area contributed by atoms with Crippen molar-refractivity contribution in [3.63, 3.8) is 0 Å². The molecule has 0 radical (unpaired) electrons. The molecule has 0 saturated carbocycles. The minimum absolute atomic E-state index is 0.623. The van der Waals surface area contributed by atoms with Crippen molar-refractivity contribution in [2.24, 2.45) is 11.0 Å². The first-order chi connectivity index (χ1) is 5.34. The molecule has 1 unspecified atom stereocenters. The van der Waals surface area contributed by atoms with Gasteiger partial charge < -0.3 is 0 Å². The summed E-state index contributed by atoms with van der Waals surface area (Å²) < 4.78 is 36.1.